The zero-order valence-electron chi connectivity index (χ0n) is 15.5. The minimum absolute atomic E-state index is 0.384. The summed E-state index contributed by atoms with van der Waals surface area (Å²) in [5.41, 5.74) is 3.76. The maximum atomic E-state index is 9.78. The summed E-state index contributed by atoms with van der Waals surface area (Å²) < 4.78 is 0. The van der Waals surface area contributed by atoms with Gasteiger partial charge in [-0.15, -0.1) is 0 Å². The first-order valence-electron chi connectivity index (χ1n) is 9.70. The van der Waals surface area contributed by atoms with E-state index in [0.717, 1.165) is 58.1 Å². The van der Waals surface area contributed by atoms with E-state index in [1.165, 1.54) is 6.42 Å². The molecule has 1 aliphatic rings. The molecular formula is C23H21N5. The first-order valence-corrected chi connectivity index (χ1v) is 9.70. The first-order chi connectivity index (χ1) is 13.8. The van der Waals surface area contributed by atoms with Crippen molar-refractivity contribution in [2.24, 2.45) is 0 Å². The van der Waals surface area contributed by atoms with Crippen LogP contribution in [0.1, 0.15) is 18.4 Å². The fraction of sp³-hybridized carbons (Fsp3) is 0.217. The van der Waals surface area contributed by atoms with Crippen LogP contribution in [0.25, 0.3) is 32.8 Å². The van der Waals surface area contributed by atoms with Crippen LogP contribution in [-0.2, 0) is 0 Å². The van der Waals surface area contributed by atoms with Crippen LogP contribution in [0.2, 0.25) is 0 Å². The molecule has 3 N–H and O–H groups in total. The second kappa shape index (κ2) is 6.99. The number of piperidine rings is 1. The molecule has 138 valence electrons. The number of hydrogen-bond acceptors (Lipinski definition) is 4. The van der Waals surface area contributed by atoms with E-state index in [-0.39, 0.29) is 0 Å². The summed E-state index contributed by atoms with van der Waals surface area (Å²) in [7, 11) is 0. The molecule has 0 amide bonds. The van der Waals surface area contributed by atoms with Crippen molar-refractivity contribution in [3.8, 4) is 17.2 Å². The van der Waals surface area contributed by atoms with E-state index in [1.54, 1.807) is 0 Å². The van der Waals surface area contributed by atoms with Crippen LogP contribution in [0.3, 0.4) is 0 Å². The minimum atomic E-state index is 0.384. The lowest BCUT2D eigenvalue weighted by atomic mass is 9.94. The third-order valence-corrected chi connectivity index (χ3v) is 5.53. The van der Waals surface area contributed by atoms with Gasteiger partial charge in [0, 0.05) is 52.4 Å². The number of rotatable bonds is 3. The molecule has 0 radical (unpaired) electrons. The topological polar surface area (TPSA) is 76.5 Å². The quantitative estimate of drug-likeness (QED) is 0.501. The Kier molecular flexibility index (Phi) is 4.19. The average Bonchev–Trinajstić information content (AvgIpc) is 3.17. The number of pyridine rings is 1. The molecule has 4 aromatic rings. The van der Waals surface area contributed by atoms with Crippen LogP contribution < -0.4 is 10.6 Å². The molecule has 3 heterocycles. The first kappa shape index (κ1) is 16.8. The maximum absolute atomic E-state index is 9.78. The number of para-hydroxylation sites is 1. The molecule has 2 aromatic heterocycles. The highest BCUT2D eigenvalue weighted by Crippen LogP contribution is 2.37. The van der Waals surface area contributed by atoms with Gasteiger partial charge in [-0.05, 0) is 43.0 Å². The van der Waals surface area contributed by atoms with Crippen LogP contribution in [0.4, 0.5) is 5.82 Å². The summed E-state index contributed by atoms with van der Waals surface area (Å²) in [5, 5.41) is 20.0. The molecular weight excluding hydrogens is 346 g/mol. The number of aromatic nitrogens is 2. The number of nitrogens with one attached hydrogen (secondary N) is 3. The fourth-order valence-electron chi connectivity index (χ4n) is 4.14. The number of benzene rings is 2. The van der Waals surface area contributed by atoms with Crippen LogP contribution in [0.5, 0.6) is 0 Å². The molecule has 5 heteroatoms. The van der Waals surface area contributed by atoms with Gasteiger partial charge in [0.1, 0.15) is 5.82 Å². The molecule has 1 unspecified atom stereocenters. The molecule has 1 atom stereocenters. The Morgan fingerprint density at radius 1 is 1.14 bits per heavy atom. The highest BCUT2D eigenvalue weighted by atomic mass is 15.1. The van der Waals surface area contributed by atoms with Gasteiger partial charge in [-0.1, -0.05) is 24.3 Å². The van der Waals surface area contributed by atoms with Crippen molar-refractivity contribution in [1.82, 2.24) is 15.3 Å². The largest absolute Gasteiger partial charge is 0.366 e. The Balaban J connectivity index is 1.68. The molecule has 2 aromatic carbocycles. The number of hydrogen-bond donors (Lipinski definition) is 3. The lowest BCUT2D eigenvalue weighted by Gasteiger charge is -2.24. The van der Waals surface area contributed by atoms with Gasteiger partial charge in [0.15, 0.2) is 0 Å². The zero-order chi connectivity index (χ0) is 18.9. The highest BCUT2D eigenvalue weighted by molar-refractivity contribution is 6.07. The van der Waals surface area contributed by atoms with Crippen molar-refractivity contribution in [3.05, 3.63) is 60.4 Å². The Morgan fingerprint density at radius 2 is 2.07 bits per heavy atom. The van der Waals surface area contributed by atoms with Gasteiger partial charge in [0.2, 0.25) is 0 Å². The molecule has 0 aliphatic carbocycles. The van der Waals surface area contributed by atoms with Crippen LogP contribution in [-0.4, -0.2) is 29.1 Å². The SMILES string of the molecule is N#Cc1ccc2cnc(NC3CCCNC3)cc2c1-c1c[nH]c2ccccc12. The third kappa shape index (κ3) is 2.88. The lowest BCUT2D eigenvalue weighted by Crippen LogP contribution is -2.38. The van der Waals surface area contributed by atoms with Crippen molar-refractivity contribution in [2.75, 3.05) is 18.4 Å². The number of H-pyrrole nitrogens is 1. The number of nitriles is 1. The molecule has 1 fully saturated rings. The minimum Gasteiger partial charge on any atom is -0.366 e. The smallest absolute Gasteiger partial charge is 0.126 e. The fourth-order valence-corrected chi connectivity index (χ4v) is 4.14. The zero-order valence-corrected chi connectivity index (χ0v) is 15.5. The van der Waals surface area contributed by atoms with Gasteiger partial charge in [0.05, 0.1) is 11.6 Å². The summed E-state index contributed by atoms with van der Waals surface area (Å²) in [6.45, 7) is 2.03. The number of fused-ring (bicyclic) bond motifs is 2. The highest BCUT2D eigenvalue weighted by Gasteiger charge is 2.17. The summed E-state index contributed by atoms with van der Waals surface area (Å²) in [6, 6.07) is 16.9. The van der Waals surface area contributed by atoms with Crippen LogP contribution in [0, 0.1) is 11.3 Å². The van der Waals surface area contributed by atoms with Gasteiger partial charge in [-0.2, -0.15) is 5.26 Å². The molecule has 5 nitrogen and oxygen atoms in total. The monoisotopic (exact) mass is 367 g/mol. The summed E-state index contributed by atoms with van der Waals surface area (Å²) in [6.07, 6.45) is 6.21. The summed E-state index contributed by atoms with van der Waals surface area (Å²) in [5.74, 6) is 0.859. The van der Waals surface area contributed by atoms with Crippen molar-refractivity contribution >= 4 is 27.5 Å². The molecule has 28 heavy (non-hydrogen) atoms. The van der Waals surface area contributed by atoms with E-state index in [4.69, 9.17) is 0 Å². The number of anilines is 1. The molecule has 5 rings (SSSR count). The second-order valence-corrected chi connectivity index (χ2v) is 7.33. The molecule has 0 spiro atoms. The van der Waals surface area contributed by atoms with E-state index < -0.39 is 0 Å². The Bertz CT molecular complexity index is 1190. The maximum Gasteiger partial charge on any atom is 0.126 e. The Morgan fingerprint density at radius 3 is 2.93 bits per heavy atom. The predicted molar refractivity (Wildman–Crippen MR) is 113 cm³/mol. The average molecular weight is 367 g/mol. The predicted octanol–water partition coefficient (Wildman–Crippen LogP) is 4.42. The van der Waals surface area contributed by atoms with Crippen LogP contribution in [0.15, 0.2) is 54.9 Å². The number of aromatic amines is 1. The van der Waals surface area contributed by atoms with Gasteiger partial charge < -0.3 is 15.6 Å². The van der Waals surface area contributed by atoms with Crippen LogP contribution >= 0.6 is 0 Å². The van der Waals surface area contributed by atoms with Gasteiger partial charge in [0.25, 0.3) is 0 Å². The Hall–Kier alpha value is -3.36. The van der Waals surface area contributed by atoms with E-state index in [0.29, 0.717) is 11.6 Å². The molecule has 0 saturated carbocycles. The van der Waals surface area contributed by atoms with Gasteiger partial charge in [-0.25, -0.2) is 4.98 Å². The van der Waals surface area contributed by atoms with Gasteiger partial charge in [-0.3, -0.25) is 0 Å². The lowest BCUT2D eigenvalue weighted by molar-refractivity contribution is 0.479. The van der Waals surface area contributed by atoms with Crippen molar-refractivity contribution in [3.63, 3.8) is 0 Å². The normalized spacial score (nSPS) is 16.9. The molecule has 1 aliphatic heterocycles. The molecule has 0 bridgehead atoms. The standard InChI is InChI=1S/C23H21N5/c24-11-15-7-8-16-12-27-22(28-17-4-3-9-25-13-17)10-19(16)23(15)20-14-26-21-6-2-1-5-18(20)21/h1-2,5-8,10,12,14,17,25-26H,3-4,9,13H2,(H,27,28). The second-order valence-electron chi connectivity index (χ2n) is 7.33. The van der Waals surface area contributed by atoms with Gasteiger partial charge >= 0.3 is 0 Å². The molecule has 1 saturated heterocycles. The van der Waals surface area contributed by atoms with Crippen molar-refractivity contribution < 1.29 is 0 Å². The summed E-state index contributed by atoms with van der Waals surface area (Å²) >= 11 is 0. The summed E-state index contributed by atoms with van der Waals surface area (Å²) in [4.78, 5) is 7.95. The van der Waals surface area contributed by atoms with E-state index in [2.05, 4.69) is 44.9 Å². The van der Waals surface area contributed by atoms with E-state index in [9.17, 15) is 5.26 Å². The van der Waals surface area contributed by atoms with Crippen molar-refractivity contribution in [2.45, 2.75) is 18.9 Å². The Labute approximate surface area is 163 Å². The van der Waals surface area contributed by atoms with Crippen molar-refractivity contribution in [1.29, 1.82) is 5.26 Å². The van der Waals surface area contributed by atoms with E-state index >= 15 is 0 Å². The van der Waals surface area contributed by atoms with E-state index in [1.807, 2.05) is 36.7 Å². The third-order valence-electron chi connectivity index (χ3n) is 5.53. The number of nitrogens with zero attached hydrogens (tertiary/aromatic N) is 2.